The molecule has 2 saturated heterocycles. The van der Waals surface area contributed by atoms with Gasteiger partial charge in [0.2, 0.25) is 5.60 Å². The van der Waals surface area contributed by atoms with Crippen LogP contribution in [0.3, 0.4) is 0 Å². The molecule has 0 aromatic rings. The molecule has 0 N–H and O–H groups in total. The van der Waals surface area contributed by atoms with Crippen molar-refractivity contribution in [1.29, 1.82) is 0 Å². The third-order valence-electron chi connectivity index (χ3n) is 4.93. The Balaban J connectivity index is 2.12. The Morgan fingerprint density at radius 2 is 1.95 bits per heavy atom. The van der Waals surface area contributed by atoms with E-state index in [1.807, 2.05) is 20.8 Å². The third kappa shape index (κ3) is 2.66. The van der Waals surface area contributed by atoms with E-state index in [2.05, 4.69) is 0 Å². The van der Waals surface area contributed by atoms with Gasteiger partial charge in [0.05, 0.1) is 21.3 Å². The van der Waals surface area contributed by atoms with Crippen molar-refractivity contribution >= 4 is 22.1 Å². The first-order valence-electron chi connectivity index (χ1n) is 6.76. The smallest absolute Gasteiger partial charge is 0.350 e. The Morgan fingerprint density at radius 3 is 2.43 bits per heavy atom. The van der Waals surface area contributed by atoms with Gasteiger partial charge in [-0.2, -0.15) is 0 Å². The van der Waals surface area contributed by atoms with Gasteiger partial charge in [-0.3, -0.25) is 4.79 Å². The maximum Gasteiger partial charge on any atom is 0.350 e. The number of ether oxygens (including phenoxy) is 2. The van der Waals surface area contributed by atoms with Crippen molar-refractivity contribution in [3.63, 3.8) is 0 Å². The summed E-state index contributed by atoms with van der Waals surface area (Å²) in [5.74, 6) is -1.99. The molecular weight excluding hydrogens is 300 g/mol. The molecule has 0 radical (unpaired) electrons. The number of hydrogen-bond acceptors (Lipinski definition) is 7. The summed E-state index contributed by atoms with van der Waals surface area (Å²) < 4.78 is 41.7. The minimum absolute atomic E-state index is 0.325. The Hall–Kier alpha value is -1.15. The van der Waals surface area contributed by atoms with Crippen LogP contribution in [0.4, 0.5) is 0 Å². The van der Waals surface area contributed by atoms with Crippen LogP contribution in [0.15, 0.2) is 0 Å². The standard InChI is InChI=1S/C13H20O7S/c1-11(2)8-13(5-4-12(11,3)9(14)20-13)10(15)19-6-7-21(16,17)18/h4-8H2,1-3H3,(H,16,17,18)/p-1. The summed E-state index contributed by atoms with van der Waals surface area (Å²) in [6, 6.07) is 0. The molecule has 21 heavy (non-hydrogen) atoms. The monoisotopic (exact) mass is 319 g/mol. The van der Waals surface area contributed by atoms with Gasteiger partial charge in [-0.05, 0) is 25.2 Å². The number of carbonyl (C=O) groups excluding carboxylic acids is 2. The lowest BCUT2D eigenvalue weighted by Gasteiger charge is -2.57. The Morgan fingerprint density at radius 1 is 1.33 bits per heavy atom. The summed E-state index contributed by atoms with van der Waals surface area (Å²) in [6.45, 7) is 5.10. The lowest BCUT2D eigenvalue weighted by atomic mass is 9.53. The maximum absolute atomic E-state index is 12.2. The average molecular weight is 319 g/mol. The summed E-state index contributed by atoms with van der Waals surface area (Å²) in [4.78, 5) is 24.4. The Bertz CT molecular complexity index is 579. The molecule has 1 aliphatic carbocycles. The van der Waals surface area contributed by atoms with Crippen molar-refractivity contribution in [3.05, 3.63) is 0 Å². The van der Waals surface area contributed by atoms with Gasteiger partial charge in [0.1, 0.15) is 6.61 Å². The minimum atomic E-state index is -4.45. The molecule has 2 heterocycles. The Labute approximate surface area is 123 Å². The molecular formula is C13H19O7S-. The molecule has 2 aliphatic heterocycles. The first kappa shape index (κ1) is 16.2. The number of fused-ring (bicyclic) bond motifs is 3. The van der Waals surface area contributed by atoms with Crippen LogP contribution >= 0.6 is 0 Å². The van der Waals surface area contributed by atoms with Crippen LogP contribution in [-0.2, 0) is 29.2 Å². The van der Waals surface area contributed by atoms with E-state index in [9.17, 15) is 22.6 Å². The quantitative estimate of drug-likeness (QED) is 0.551. The molecule has 120 valence electrons. The average Bonchev–Trinajstić information content (AvgIpc) is 2.30. The topological polar surface area (TPSA) is 110 Å². The normalized spacial score (nSPS) is 34.4. The molecule has 3 rings (SSSR count). The van der Waals surface area contributed by atoms with Crippen molar-refractivity contribution < 1.29 is 32.0 Å². The summed E-state index contributed by atoms with van der Waals surface area (Å²) in [7, 11) is -4.45. The number of carbonyl (C=O) groups is 2. The predicted molar refractivity (Wildman–Crippen MR) is 70.1 cm³/mol. The predicted octanol–water partition coefficient (Wildman–Crippen LogP) is 0.587. The zero-order chi connectivity index (χ0) is 16.1. The minimum Gasteiger partial charge on any atom is -0.748 e. The van der Waals surface area contributed by atoms with Crippen LogP contribution in [0.2, 0.25) is 0 Å². The molecule has 0 aromatic heterocycles. The van der Waals surface area contributed by atoms with Gasteiger partial charge in [0.25, 0.3) is 0 Å². The second-order valence-electron chi connectivity index (χ2n) is 6.67. The summed E-state index contributed by atoms with van der Waals surface area (Å²) >= 11 is 0. The van der Waals surface area contributed by atoms with Gasteiger partial charge in [-0.1, -0.05) is 13.8 Å². The molecule has 8 heteroatoms. The second kappa shape index (κ2) is 4.67. The summed E-state index contributed by atoms with van der Waals surface area (Å²) in [5.41, 5.74) is -2.41. The fraction of sp³-hybridized carbons (Fsp3) is 0.846. The van der Waals surface area contributed by atoms with E-state index in [1.54, 1.807) is 0 Å². The van der Waals surface area contributed by atoms with Crippen LogP contribution in [0.5, 0.6) is 0 Å². The zero-order valence-electron chi connectivity index (χ0n) is 12.3. The number of rotatable bonds is 4. The fourth-order valence-corrected chi connectivity index (χ4v) is 3.41. The van der Waals surface area contributed by atoms with Crippen molar-refractivity contribution in [3.8, 4) is 0 Å². The largest absolute Gasteiger partial charge is 0.748 e. The van der Waals surface area contributed by atoms with Gasteiger partial charge in [-0.15, -0.1) is 0 Å². The van der Waals surface area contributed by atoms with Crippen molar-refractivity contribution in [1.82, 2.24) is 0 Å². The highest BCUT2D eigenvalue weighted by Crippen LogP contribution is 2.59. The second-order valence-corrected chi connectivity index (χ2v) is 8.20. The third-order valence-corrected chi connectivity index (χ3v) is 5.59. The maximum atomic E-state index is 12.2. The van der Waals surface area contributed by atoms with Gasteiger partial charge in [0, 0.05) is 6.42 Å². The van der Waals surface area contributed by atoms with E-state index in [4.69, 9.17) is 9.47 Å². The van der Waals surface area contributed by atoms with E-state index in [-0.39, 0.29) is 0 Å². The molecule has 3 fully saturated rings. The van der Waals surface area contributed by atoms with Crippen molar-refractivity contribution in [2.24, 2.45) is 10.8 Å². The fourth-order valence-electron chi connectivity index (χ4n) is 3.13. The molecule has 2 atom stereocenters. The lowest BCUT2D eigenvalue weighted by Crippen LogP contribution is -2.64. The van der Waals surface area contributed by atoms with Crippen LogP contribution in [0.25, 0.3) is 0 Å². The van der Waals surface area contributed by atoms with Gasteiger partial charge in [-0.25, -0.2) is 13.2 Å². The molecule has 2 unspecified atom stereocenters. The molecule has 0 spiro atoms. The van der Waals surface area contributed by atoms with E-state index in [0.29, 0.717) is 19.3 Å². The Kier molecular flexibility index (Phi) is 3.61. The van der Waals surface area contributed by atoms with Gasteiger partial charge in [0.15, 0.2) is 0 Å². The first-order chi connectivity index (χ1) is 9.42. The van der Waals surface area contributed by atoms with Crippen molar-refractivity contribution in [2.75, 3.05) is 12.4 Å². The van der Waals surface area contributed by atoms with E-state index in [0.717, 1.165) is 0 Å². The summed E-state index contributed by atoms with van der Waals surface area (Å²) in [5, 5.41) is 0. The highest BCUT2D eigenvalue weighted by Gasteiger charge is 2.66. The van der Waals surface area contributed by atoms with Crippen LogP contribution in [0, 0.1) is 10.8 Å². The lowest BCUT2D eigenvalue weighted by molar-refractivity contribution is -0.235. The van der Waals surface area contributed by atoms with Crippen molar-refractivity contribution in [2.45, 2.75) is 45.6 Å². The molecule has 7 nitrogen and oxygen atoms in total. The van der Waals surface area contributed by atoms with E-state index >= 15 is 0 Å². The molecule has 1 saturated carbocycles. The summed E-state index contributed by atoms with van der Waals surface area (Å²) in [6.07, 6.45) is 1.18. The molecule has 0 amide bonds. The highest BCUT2D eigenvalue weighted by molar-refractivity contribution is 7.85. The molecule has 3 aliphatic rings. The SMILES string of the molecule is CC1(C)CC2(C(=O)OCCS(=O)(=O)[O-])CCC1(C)C(=O)O2. The van der Waals surface area contributed by atoms with Gasteiger partial charge < -0.3 is 14.0 Å². The number of esters is 2. The van der Waals surface area contributed by atoms with Crippen LogP contribution < -0.4 is 0 Å². The van der Waals surface area contributed by atoms with E-state index in [1.165, 1.54) is 0 Å². The molecule has 2 bridgehead atoms. The van der Waals surface area contributed by atoms with E-state index < -0.39 is 50.8 Å². The molecule has 0 aromatic carbocycles. The zero-order valence-corrected chi connectivity index (χ0v) is 13.1. The number of hydrogen-bond donors (Lipinski definition) is 0. The van der Waals surface area contributed by atoms with Crippen LogP contribution in [0.1, 0.15) is 40.0 Å². The van der Waals surface area contributed by atoms with Crippen LogP contribution in [-0.4, -0.2) is 42.9 Å². The highest BCUT2D eigenvalue weighted by atomic mass is 32.2. The first-order valence-corrected chi connectivity index (χ1v) is 8.34. The van der Waals surface area contributed by atoms with Gasteiger partial charge >= 0.3 is 11.9 Å².